The minimum atomic E-state index is -0.907. The molecule has 16 heavy (non-hydrogen) atoms. The molecule has 5 nitrogen and oxygen atoms in total. The summed E-state index contributed by atoms with van der Waals surface area (Å²) in [6.07, 6.45) is 0. The molecule has 0 aromatic carbocycles. The molecule has 0 saturated carbocycles. The van der Waals surface area contributed by atoms with E-state index in [2.05, 4.69) is 0 Å². The molecule has 0 aliphatic heterocycles. The normalized spacial score (nSPS) is 11.6. The van der Waals surface area contributed by atoms with Gasteiger partial charge in [0.15, 0.2) is 0 Å². The van der Waals surface area contributed by atoms with Crippen molar-refractivity contribution in [3.63, 3.8) is 0 Å². The Balaban J connectivity index is 4.12. The molecule has 1 atom stereocenters. The third-order valence-corrected chi connectivity index (χ3v) is 2.83. The number of carbonyl (C=O) groups excluding carboxylic acids is 1. The van der Waals surface area contributed by atoms with Crippen molar-refractivity contribution in [3.8, 4) is 6.07 Å². The van der Waals surface area contributed by atoms with Crippen LogP contribution in [-0.4, -0.2) is 46.5 Å². The summed E-state index contributed by atoms with van der Waals surface area (Å²) in [4.78, 5) is 23.8. The van der Waals surface area contributed by atoms with Gasteiger partial charge in [-0.15, -0.1) is 11.8 Å². The lowest BCUT2D eigenvalue weighted by molar-refractivity contribution is -0.142. The fourth-order valence-corrected chi connectivity index (χ4v) is 1.64. The highest BCUT2D eigenvalue weighted by Crippen LogP contribution is 2.05. The first-order chi connectivity index (χ1) is 7.52. The van der Waals surface area contributed by atoms with Gasteiger partial charge in [-0.05, 0) is 6.92 Å². The number of thioether (sulfide) groups is 1. The number of nitriles is 1. The Labute approximate surface area is 99.4 Å². The zero-order valence-corrected chi connectivity index (χ0v) is 10.3. The van der Waals surface area contributed by atoms with E-state index in [1.165, 1.54) is 16.7 Å². The highest BCUT2D eigenvalue weighted by atomic mass is 32.2. The van der Waals surface area contributed by atoms with Gasteiger partial charge in [0, 0.05) is 13.1 Å². The first-order valence-corrected chi connectivity index (χ1v) is 6.13. The molecule has 90 valence electrons. The molecule has 0 aromatic heterocycles. The van der Waals surface area contributed by atoms with Crippen LogP contribution in [-0.2, 0) is 9.59 Å². The fraction of sp³-hybridized carbons (Fsp3) is 0.700. The van der Waals surface area contributed by atoms with Crippen molar-refractivity contribution in [3.05, 3.63) is 0 Å². The Kier molecular flexibility index (Phi) is 7.38. The van der Waals surface area contributed by atoms with E-state index in [9.17, 15) is 9.59 Å². The molecule has 0 rings (SSSR count). The van der Waals surface area contributed by atoms with Gasteiger partial charge in [0.1, 0.15) is 0 Å². The minimum Gasteiger partial charge on any atom is -0.481 e. The van der Waals surface area contributed by atoms with Crippen LogP contribution in [0.5, 0.6) is 0 Å². The maximum absolute atomic E-state index is 11.6. The van der Waals surface area contributed by atoms with Crippen molar-refractivity contribution in [2.45, 2.75) is 13.8 Å². The summed E-state index contributed by atoms with van der Waals surface area (Å²) >= 11 is 1.24. The SMILES string of the molecule is CCN(CC(C)C(=O)O)C(=O)CSCC#N. The molecule has 0 spiro atoms. The molecule has 0 fully saturated rings. The van der Waals surface area contributed by atoms with E-state index in [1.54, 1.807) is 13.8 Å². The van der Waals surface area contributed by atoms with Gasteiger partial charge in [-0.1, -0.05) is 6.92 Å². The molecule has 0 bridgehead atoms. The third-order valence-electron chi connectivity index (χ3n) is 2.04. The van der Waals surface area contributed by atoms with Crippen LogP contribution >= 0.6 is 11.8 Å². The van der Waals surface area contributed by atoms with E-state index >= 15 is 0 Å². The quantitative estimate of drug-likeness (QED) is 0.670. The number of carboxylic acid groups (broad SMARTS) is 1. The molecule has 6 heteroatoms. The summed E-state index contributed by atoms with van der Waals surface area (Å²) in [6.45, 7) is 4.09. The molecule has 1 amide bonds. The number of amides is 1. The van der Waals surface area contributed by atoms with Gasteiger partial charge in [-0.25, -0.2) is 0 Å². The zero-order chi connectivity index (χ0) is 12.6. The van der Waals surface area contributed by atoms with Crippen molar-refractivity contribution < 1.29 is 14.7 Å². The maximum atomic E-state index is 11.6. The molecule has 0 saturated heterocycles. The summed E-state index contributed by atoms with van der Waals surface area (Å²) in [6, 6.07) is 1.94. The highest BCUT2D eigenvalue weighted by Gasteiger charge is 2.18. The van der Waals surface area contributed by atoms with Crippen LogP contribution in [0.3, 0.4) is 0 Å². The molecular weight excluding hydrogens is 228 g/mol. The lowest BCUT2D eigenvalue weighted by Crippen LogP contribution is -2.37. The molecule has 0 heterocycles. The zero-order valence-electron chi connectivity index (χ0n) is 9.47. The second-order valence-corrected chi connectivity index (χ2v) is 4.31. The summed E-state index contributed by atoms with van der Waals surface area (Å²) in [5.74, 6) is -1.08. The second-order valence-electron chi connectivity index (χ2n) is 3.32. The number of hydrogen-bond acceptors (Lipinski definition) is 4. The summed E-state index contributed by atoms with van der Waals surface area (Å²) in [7, 11) is 0. The van der Waals surface area contributed by atoms with Crippen LogP contribution in [0, 0.1) is 17.2 Å². The highest BCUT2D eigenvalue weighted by molar-refractivity contribution is 8.00. The van der Waals surface area contributed by atoms with Crippen molar-refractivity contribution >= 4 is 23.6 Å². The van der Waals surface area contributed by atoms with Crippen LogP contribution < -0.4 is 0 Å². The average Bonchev–Trinajstić information content (AvgIpc) is 2.25. The van der Waals surface area contributed by atoms with E-state index in [4.69, 9.17) is 10.4 Å². The van der Waals surface area contributed by atoms with Crippen LogP contribution in [0.1, 0.15) is 13.8 Å². The Morgan fingerprint density at radius 2 is 2.19 bits per heavy atom. The Morgan fingerprint density at radius 3 is 2.62 bits per heavy atom. The van der Waals surface area contributed by atoms with Crippen molar-refractivity contribution in [1.29, 1.82) is 5.26 Å². The predicted molar refractivity (Wildman–Crippen MR) is 62.0 cm³/mol. The van der Waals surface area contributed by atoms with E-state index < -0.39 is 11.9 Å². The topological polar surface area (TPSA) is 81.4 Å². The minimum absolute atomic E-state index is 0.115. The molecule has 0 aliphatic rings. The van der Waals surface area contributed by atoms with E-state index in [0.717, 1.165) is 0 Å². The number of rotatable bonds is 7. The van der Waals surface area contributed by atoms with Gasteiger partial charge in [0.05, 0.1) is 23.5 Å². The van der Waals surface area contributed by atoms with Crippen molar-refractivity contribution in [2.75, 3.05) is 24.6 Å². The number of nitrogens with zero attached hydrogens (tertiary/aromatic N) is 2. The molecule has 1 N–H and O–H groups in total. The van der Waals surface area contributed by atoms with Gasteiger partial charge in [-0.3, -0.25) is 9.59 Å². The van der Waals surface area contributed by atoms with Crippen LogP contribution in [0.15, 0.2) is 0 Å². The van der Waals surface area contributed by atoms with E-state index in [1.807, 2.05) is 6.07 Å². The van der Waals surface area contributed by atoms with Gasteiger partial charge in [-0.2, -0.15) is 5.26 Å². The van der Waals surface area contributed by atoms with Crippen LogP contribution in [0.4, 0.5) is 0 Å². The Hall–Kier alpha value is -1.22. The monoisotopic (exact) mass is 244 g/mol. The number of aliphatic carboxylic acids is 1. The van der Waals surface area contributed by atoms with Crippen molar-refractivity contribution in [2.24, 2.45) is 5.92 Å². The lowest BCUT2D eigenvalue weighted by atomic mass is 10.2. The molecule has 1 unspecified atom stereocenters. The molecular formula is C10H16N2O3S. The first-order valence-electron chi connectivity index (χ1n) is 4.98. The fourth-order valence-electron chi connectivity index (χ4n) is 1.09. The standard InChI is InChI=1S/C10H16N2O3S/c1-3-12(6-8(2)10(14)15)9(13)7-16-5-4-11/h8H,3,5-7H2,1-2H3,(H,14,15). The molecule has 0 aromatic rings. The smallest absolute Gasteiger partial charge is 0.308 e. The lowest BCUT2D eigenvalue weighted by Gasteiger charge is -2.22. The number of carbonyl (C=O) groups is 2. The summed E-state index contributed by atoms with van der Waals surface area (Å²) in [5, 5.41) is 17.1. The Bertz CT molecular complexity index is 288. The molecule has 0 aliphatic carbocycles. The average molecular weight is 244 g/mol. The van der Waals surface area contributed by atoms with E-state index in [0.29, 0.717) is 6.54 Å². The van der Waals surface area contributed by atoms with E-state index in [-0.39, 0.29) is 24.0 Å². The largest absolute Gasteiger partial charge is 0.481 e. The van der Waals surface area contributed by atoms with Gasteiger partial charge in [0.2, 0.25) is 5.91 Å². The van der Waals surface area contributed by atoms with Gasteiger partial charge >= 0.3 is 5.97 Å². The summed E-state index contributed by atoms with van der Waals surface area (Å²) < 4.78 is 0. The number of hydrogen-bond donors (Lipinski definition) is 1. The molecule has 0 radical (unpaired) electrons. The first kappa shape index (κ1) is 14.8. The van der Waals surface area contributed by atoms with Crippen LogP contribution in [0.2, 0.25) is 0 Å². The Morgan fingerprint density at radius 1 is 1.56 bits per heavy atom. The second kappa shape index (κ2) is 7.99. The van der Waals surface area contributed by atoms with Crippen LogP contribution in [0.25, 0.3) is 0 Å². The number of carboxylic acids is 1. The van der Waals surface area contributed by atoms with Crippen molar-refractivity contribution in [1.82, 2.24) is 4.90 Å². The summed E-state index contributed by atoms with van der Waals surface area (Å²) in [5.41, 5.74) is 0. The maximum Gasteiger partial charge on any atom is 0.308 e. The van der Waals surface area contributed by atoms with Gasteiger partial charge < -0.3 is 10.0 Å². The predicted octanol–water partition coefficient (Wildman–Crippen LogP) is 0.812. The third kappa shape index (κ3) is 5.61. The van der Waals surface area contributed by atoms with Gasteiger partial charge in [0.25, 0.3) is 0 Å².